The Bertz CT molecular complexity index is 463. The number of hydrogen-bond donors (Lipinski definition) is 2. The van der Waals surface area contributed by atoms with E-state index >= 15 is 0 Å². The van der Waals surface area contributed by atoms with Crippen molar-refractivity contribution < 1.29 is 0 Å². The number of H-pyrrole nitrogens is 1. The molecule has 0 aromatic carbocycles. The second kappa shape index (κ2) is 4.65. The van der Waals surface area contributed by atoms with Gasteiger partial charge < -0.3 is 5.73 Å². The Morgan fingerprint density at radius 1 is 1.44 bits per heavy atom. The van der Waals surface area contributed by atoms with Gasteiger partial charge in [0.2, 0.25) is 0 Å². The first kappa shape index (κ1) is 11.1. The van der Waals surface area contributed by atoms with Gasteiger partial charge in [0, 0.05) is 18.3 Å². The van der Waals surface area contributed by atoms with E-state index < -0.39 is 0 Å². The van der Waals surface area contributed by atoms with Crippen LogP contribution in [0.1, 0.15) is 31.7 Å². The molecular weight excluding hydrogens is 206 g/mol. The van der Waals surface area contributed by atoms with E-state index in [1.165, 1.54) is 6.07 Å². The van der Waals surface area contributed by atoms with E-state index in [4.69, 9.17) is 5.73 Å². The number of aromatic amines is 1. The Morgan fingerprint density at radius 2 is 2.25 bits per heavy atom. The zero-order chi connectivity index (χ0) is 11.5. The highest BCUT2D eigenvalue weighted by Gasteiger charge is 2.22. The normalized spacial score (nSPS) is 25.6. The molecule has 1 aromatic heterocycles. The summed E-state index contributed by atoms with van der Waals surface area (Å²) in [6, 6.07) is 1.58. The lowest BCUT2D eigenvalue weighted by molar-refractivity contribution is 0.265. The average molecular weight is 223 g/mol. The largest absolute Gasteiger partial charge is 0.330 e. The van der Waals surface area contributed by atoms with Crippen molar-refractivity contribution in [3.05, 3.63) is 33.1 Å². The summed E-state index contributed by atoms with van der Waals surface area (Å²) in [6.07, 6.45) is 5.75. The van der Waals surface area contributed by atoms with E-state index in [-0.39, 0.29) is 17.3 Å². The average Bonchev–Trinajstić information content (AvgIpc) is 2.29. The molecule has 5 heteroatoms. The van der Waals surface area contributed by atoms with Crippen LogP contribution in [0.4, 0.5) is 0 Å². The maximum Gasteiger partial charge on any atom is 0.328 e. The zero-order valence-electron chi connectivity index (χ0n) is 9.19. The van der Waals surface area contributed by atoms with Crippen LogP contribution in [-0.2, 0) is 0 Å². The molecular formula is C11H17N3O2. The minimum atomic E-state index is -0.340. The predicted octanol–water partition coefficient (Wildman–Crippen LogP) is 0.227. The standard InChI is InChI=1S/C11H17N3O2/c12-7-8-2-1-3-9(6-8)14-5-4-10(15)13-11(14)16/h4-5,8-9H,1-3,6-7,12H2,(H,13,15,16). The minimum absolute atomic E-state index is 0.187. The number of aromatic nitrogens is 2. The highest BCUT2D eigenvalue weighted by Crippen LogP contribution is 2.30. The van der Waals surface area contributed by atoms with Crippen molar-refractivity contribution in [1.29, 1.82) is 0 Å². The number of rotatable bonds is 2. The number of nitrogens with zero attached hydrogens (tertiary/aromatic N) is 1. The van der Waals surface area contributed by atoms with Gasteiger partial charge in [0.25, 0.3) is 5.56 Å². The van der Waals surface area contributed by atoms with E-state index in [1.54, 1.807) is 10.8 Å². The second-order valence-electron chi connectivity index (χ2n) is 4.44. The summed E-state index contributed by atoms with van der Waals surface area (Å²) < 4.78 is 1.63. The Morgan fingerprint density at radius 3 is 2.94 bits per heavy atom. The van der Waals surface area contributed by atoms with Gasteiger partial charge in [-0.05, 0) is 31.7 Å². The third-order valence-corrected chi connectivity index (χ3v) is 3.33. The first-order chi connectivity index (χ1) is 7.70. The van der Waals surface area contributed by atoms with Crippen LogP contribution < -0.4 is 17.0 Å². The molecule has 16 heavy (non-hydrogen) atoms. The highest BCUT2D eigenvalue weighted by molar-refractivity contribution is 4.88. The summed E-state index contributed by atoms with van der Waals surface area (Å²) in [6.45, 7) is 0.675. The lowest BCUT2D eigenvalue weighted by Crippen LogP contribution is -2.34. The van der Waals surface area contributed by atoms with Crippen molar-refractivity contribution in [1.82, 2.24) is 9.55 Å². The van der Waals surface area contributed by atoms with Gasteiger partial charge in [-0.2, -0.15) is 0 Å². The van der Waals surface area contributed by atoms with Crippen molar-refractivity contribution in [3.8, 4) is 0 Å². The van der Waals surface area contributed by atoms with Gasteiger partial charge in [0.05, 0.1) is 0 Å². The molecule has 0 spiro atoms. The van der Waals surface area contributed by atoms with Crippen molar-refractivity contribution >= 4 is 0 Å². The Labute approximate surface area is 93.3 Å². The maximum atomic E-state index is 11.6. The van der Waals surface area contributed by atoms with E-state index in [0.29, 0.717) is 12.5 Å². The Balaban J connectivity index is 2.23. The monoisotopic (exact) mass is 223 g/mol. The highest BCUT2D eigenvalue weighted by atomic mass is 16.2. The molecule has 0 amide bonds. The van der Waals surface area contributed by atoms with Crippen LogP contribution in [0.2, 0.25) is 0 Å². The Kier molecular flexibility index (Phi) is 3.24. The number of hydrogen-bond acceptors (Lipinski definition) is 3. The van der Waals surface area contributed by atoms with Gasteiger partial charge in [-0.25, -0.2) is 4.79 Å². The summed E-state index contributed by atoms with van der Waals surface area (Å²) >= 11 is 0. The van der Waals surface area contributed by atoms with Crippen molar-refractivity contribution in [3.63, 3.8) is 0 Å². The quantitative estimate of drug-likeness (QED) is 0.753. The lowest BCUT2D eigenvalue weighted by Gasteiger charge is -2.29. The number of nitrogens with one attached hydrogen (secondary N) is 1. The predicted molar refractivity (Wildman–Crippen MR) is 61.4 cm³/mol. The minimum Gasteiger partial charge on any atom is -0.330 e. The molecule has 1 aliphatic rings. The van der Waals surface area contributed by atoms with Crippen LogP contribution in [0.5, 0.6) is 0 Å². The molecule has 3 N–H and O–H groups in total. The summed E-state index contributed by atoms with van der Waals surface area (Å²) in [7, 11) is 0. The lowest BCUT2D eigenvalue weighted by atomic mass is 9.85. The van der Waals surface area contributed by atoms with Gasteiger partial charge in [-0.3, -0.25) is 14.3 Å². The first-order valence-corrected chi connectivity index (χ1v) is 5.72. The van der Waals surface area contributed by atoms with Crippen molar-refractivity contribution in [2.45, 2.75) is 31.7 Å². The molecule has 1 saturated carbocycles. The van der Waals surface area contributed by atoms with Gasteiger partial charge >= 0.3 is 5.69 Å². The SMILES string of the molecule is NCC1CCCC(n2ccc(=O)[nH]c2=O)C1. The maximum absolute atomic E-state index is 11.6. The first-order valence-electron chi connectivity index (χ1n) is 5.72. The second-order valence-corrected chi connectivity index (χ2v) is 4.44. The van der Waals surface area contributed by atoms with E-state index in [9.17, 15) is 9.59 Å². The van der Waals surface area contributed by atoms with E-state index in [0.717, 1.165) is 25.7 Å². The third-order valence-electron chi connectivity index (χ3n) is 3.33. The molecule has 0 saturated heterocycles. The van der Waals surface area contributed by atoms with Crippen LogP contribution in [0.15, 0.2) is 21.9 Å². The molecule has 0 radical (unpaired) electrons. The zero-order valence-corrected chi connectivity index (χ0v) is 9.19. The fourth-order valence-electron chi connectivity index (χ4n) is 2.44. The summed E-state index contributed by atoms with van der Waals surface area (Å²) in [5.74, 6) is 0.498. The topological polar surface area (TPSA) is 80.9 Å². The van der Waals surface area contributed by atoms with Crippen LogP contribution in [0, 0.1) is 5.92 Å². The van der Waals surface area contributed by atoms with Crippen molar-refractivity contribution in [2.75, 3.05) is 6.54 Å². The molecule has 2 atom stereocenters. The molecule has 5 nitrogen and oxygen atoms in total. The van der Waals surface area contributed by atoms with Gasteiger partial charge in [-0.1, -0.05) is 6.42 Å². The fourth-order valence-corrected chi connectivity index (χ4v) is 2.44. The van der Waals surface area contributed by atoms with Crippen LogP contribution >= 0.6 is 0 Å². The van der Waals surface area contributed by atoms with Gasteiger partial charge in [0.1, 0.15) is 0 Å². The number of nitrogens with two attached hydrogens (primary N) is 1. The molecule has 0 bridgehead atoms. The third kappa shape index (κ3) is 2.24. The Hall–Kier alpha value is -1.36. The van der Waals surface area contributed by atoms with Gasteiger partial charge in [0.15, 0.2) is 0 Å². The summed E-state index contributed by atoms with van der Waals surface area (Å²) in [4.78, 5) is 24.9. The van der Waals surface area contributed by atoms with E-state index in [1.807, 2.05) is 0 Å². The summed E-state index contributed by atoms with van der Waals surface area (Å²) in [5, 5.41) is 0. The van der Waals surface area contributed by atoms with E-state index in [2.05, 4.69) is 4.98 Å². The molecule has 88 valence electrons. The van der Waals surface area contributed by atoms with Crippen LogP contribution in [0.3, 0.4) is 0 Å². The molecule has 2 unspecified atom stereocenters. The molecule has 2 rings (SSSR count). The van der Waals surface area contributed by atoms with Crippen LogP contribution in [0.25, 0.3) is 0 Å². The molecule has 0 aliphatic heterocycles. The molecule has 1 aliphatic carbocycles. The molecule has 1 aromatic rings. The summed E-state index contributed by atoms with van der Waals surface area (Å²) in [5.41, 5.74) is 5.01. The van der Waals surface area contributed by atoms with Crippen molar-refractivity contribution in [2.24, 2.45) is 11.7 Å². The smallest absolute Gasteiger partial charge is 0.328 e. The molecule has 1 heterocycles. The van der Waals surface area contributed by atoms with Gasteiger partial charge in [-0.15, -0.1) is 0 Å². The fraction of sp³-hybridized carbons (Fsp3) is 0.636. The van der Waals surface area contributed by atoms with Crippen LogP contribution in [-0.4, -0.2) is 16.1 Å². The molecule has 1 fully saturated rings.